The lowest BCUT2D eigenvalue weighted by Gasteiger charge is -2.32. The molecular weight excluding hydrogens is 342 g/mol. The molecule has 1 aromatic heterocycles. The van der Waals surface area contributed by atoms with Crippen LogP contribution in [-0.2, 0) is 11.3 Å². The van der Waals surface area contributed by atoms with Crippen LogP contribution < -0.4 is 15.4 Å². The minimum atomic E-state index is -0.617. The number of anilines is 1. The summed E-state index contributed by atoms with van der Waals surface area (Å²) < 4.78 is 5.62. The molecule has 2 heterocycles. The molecule has 1 atom stereocenters. The molecule has 0 aliphatic carbocycles. The van der Waals surface area contributed by atoms with Gasteiger partial charge >= 0.3 is 0 Å². The number of carbonyl (C=O) groups excluding carboxylic acids is 1. The smallest absolute Gasteiger partial charge is 0.261 e. The second-order valence-corrected chi connectivity index (χ2v) is 6.80. The van der Waals surface area contributed by atoms with Crippen LogP contribution >= 0.6 is 0 Å². The number of ether oxygens (including phenoxy) is 1. The van der Waals surface area contributed by atoms with E-state index in [1.54, 1.807) is 20.2 Å². The van der Waals surface area contributed by atoms with Crippen molar-refractivity contribution in [2.24, 2.45) is 0 Å². The second kappa shape index (κ2) is 9.32. The molecule has 0 radical (unpaired) electrons. The third kappa shape index (κ3) is 5.65. The van der Waals surface area contributed by atoms with E-state index in [0.717, 1.165) is 32.5 Å². The van der Waals surface area contributed by atoms with Gasteiger partial charge in [-0.15, -0.1) is 0 Å². The summed E-state index contributed by atoms with van der Waals surface area (Å²) in [6.45, 7) is 4.64. The van der Waals surface area contributed by atoms with E-state index in [0.29, 0.717) is 11.7 Å². The number of piperidine rings is 1. The first kappa shape index (κ1) is 19.1. The quantitative estimate of drug-likeness (QED) is 0.778. The van der Waals surface area contributed by atoms with Crippen molar-refractivity contribution >= 4 is 11.7 Å². The Bertz CT molecular complexity index is 732. The summed E-state index contributed by atoms with van der Waals surface area (Å²) in [4.78, 5) is 23.1. The van der Waals surface area contributed by atoms with Gasteiger partial charge in [-0.1, -0.05) is 30.3 Å². The van der Waals surface area contributed by atoms with Gasteiger partial charge in [-0.2, -0.15) is 4.98 Å². The van der Waals surface area contributed by atoms with Gasteiger partial charge in [0.05, 0.1) is 12.4 Å². The Kier molecular flexibility index (Phi) is 6.59. The molecule has 1 aromatic carbocycles. The summed E-state index contributed by atoms with van der Waals surface area (Å²) in [5, 5.41) is 6.00. The molecule has 3 rings (SSSR count). The SMILES string of the molecule is CNc1cncc(OC(C)C(=O)NC2CCN(Cc3ccccc3)CC2)n1. The van der Waals surface area contributed by atoms with Gasteiger partial charge in [0.15, 0.2) is 6.10 Å². The molecule has 0 spiro atoms. The maximum Gasteiger partial charge on any atom is 0.261 e. The van der Waals surface area contributed by atoms with Crippen LogP contribution in [-0.4, -0.2) is 53.1 Å². The van der Waals surface area contributed by atoms with E-state index in [-0.39, 0.29) is 11.9 Å². The molecule has 2 aromatic rings. The number of aromatic nitrogens is 2. The van der Waals surface area contributed by atoms with Crippen LogP contribution in [0.15, 0.2) is 42.7 Å². The standard InChI is InChI=1S/C20H27N5O2/c1-15(27-19-13-22-12-18(21-2)24-19)20(26)23-17-8-10-25(11-9-17)14-16-6-4-3-5-7-16/h3-7,12-13,15,17H,8-11,14H2,1-2H3,(H,21,24)(H,23,26). The lowest BCUT2D eigenvalue weighted by Crippen LogP contribution is -2.47. The number of amides is 1. The molecule has 0 bridgehead atoms. The molecule has 1 amide bonds. The first-order valence-electron chi connectivity index (χ1n) is 9.37. The number of hydrogen-bond donors (Lipinski definition) is 2. The van der Waals surface area contributed by atoms with E-state index in [2.05, 4.69) is 49.8 Å². The number of carbonyl (C=O) groups is 1. The number of likely N-dealkylation sites (tertiary alicyclic amines) is 1. The maximum atomic E-state index is 12.4. The van der Waals surface area contributed by atoms with Crippen molar-refractivity contribution in [1.29, 1.82) is 0 Å². The van der Waals surface area contributed by atoms with E-state index in [1.165, 1.54) is 11.8 Å². The minimum Gasteiger partial charge on any atom is -0.463 e. The second-order valence-electron chi connectivity index (χ2n) is 6.80. The summed E-state index contributed by atoms with van der Waals surface area (Å²) in [6, 6.07) is 10.7. The third-order valence-corrected chi connectivity index (χ3v) is 4.72. The Labute approximate surface area is 160 Å². The highest BCUT2D eigenvalue weighted by Gasteiger charge is 2.24. The molecule has 1 unspecified atom stereocenters. The fourth-order valence-corrected chi connectivity index (χ4v) is 3.16. The lowest BCUT2D eigenvalue weighted by molar-refractivity contribution is -0.128. The van der Waals surface area contributed by atoms with E-state index in [1.807, 2.05) is 6.07 Å². The van der Waals surface area contributed by atoms with Crippen molar-refractivity contribution in [3.05, 3.63) is 48.3 Å². The van der Waals surface area contributed by atoms with Gasteiger partial charge in [-0.25, -0.2) is 0 Å². The molecule has 27 heavy (non-hydrogen) atoms. The fourth-order valence-electron chi connectivity index (χ4n) is 3.16. The number of benzene rings is 1. The average molecular weight is 369 g/mol. The van der Waals surface area contributed by atoms with Gasteiger partial charge in [0.2, 0.25) is 5.88 Å². The summed E-state index contributed by atoms with van der Waals surface area (Å²) in [5.74, 6) is 0.821. The van der Waals surface area contributed by atoms with Crippen molar-refractivity contribution in [3.8, 4) is 5.88 Å². The molecule has 1 fully saturated rings. The number of rotatable bonds is 7. The van der Waals surface area contributed by atoms with E-state index in [4.69, 9.17) is 4.74 Å². The van der Waals surface area contributed by atoms with Gasteiger partial charge in [-0.05, 0) is 25.3 Å². The molecule has 1 aliphatic heterocycles. The minimum absolute atomic E-state index is 0.117. The van der Waals surface area contributed by atoms with Gasteiger partial charge in [0.1, 0.15) is 5.82 Å². The first-order chi connectivity index (χ1) is 13.1. The Morgan fingerprint density at radius 2 is 2.00 bits per heavy atom. The van der Waals surface area contributed by atoms with Crippen LogP contribution in [0.3, 0.4) is 0 Å². The Balaban J connectivity index is 1.43. The predicted molar refractivity (Wildman–Crippen MR) is 105 cm³/mol. The van der Waals surface area contributed by atoms with Gasteiger partial charge < -0.3 is 15.4 Å². The monoisotopic (exact) mass is 369 g/mol. The van der Waals surface area contributed by atoms with Crippen molar-refractivity contribution in [1.82, 2.24) is 20.2 Å². The third-order valence-electron chi connectivity index (χ3n) is 4.72. The Hall–Kier alpha value is -2.67. The average Bonchev–Trinajstić information content (AvgIpc) is 2.70. The van der Waals surface area contributed by atoms with Crippen LogP contribution in [0.25, 0.3) is 0 Å². The van der Waals surface area contributed by atoms with Crippen LogP contribution in [0.2, 0.25) is 0 Å². The van der Waals surface area contributed by atoms with Crippen molar-refractivity contribution in [3.63, 3.8) is 0 Å². The zero-order valence-electron chi connectivity index (χ0n) is 15.9. The highest BCUT2D eigenvalue weighted by molar-refractivity contribution is 5.80. The zero-order chi connectivity index (χ0) is 19.1. The van der Waals surface area contributed by atoms with Crippen LogP contribution in [0.5, 0.6) is 5.88 Å². The summed E-state index contributed by atoms with van der Waals surface area (Å²) >= 11 is 0. The summed E-state index contributed by atoms with van der Waals surface area (Å²) in [7, 11) is 1.76. The van der Waals surface area contributed by atoms with Crippen LogP contribution in [0.4, 0.5) is 5.82 Å². The molecule has 1 aliphatic rings. The van der Waals surface area contributed by atoms with Crippen molar-refractivity contribution < 1.29 is 9.53 Å². The molecule has 144 valence electrons. The lowest BCUT2D eigenvalue weighted by atomic mass is 10.0. The van der Waals surface area contributed by atoms with E-state index < -0.39 is 6.10 Å². The van der Waals surface area contributed by atoms with Crippen molar-refractivity contribution in [2.45, 2.75) is 38.5 Å². The Morgan fingerprint density at radius 1 is 1.26 bits per heavy atom. The van der Waals surface area contributed by atoms with Gasteiger partial charge in [0, 0.05) is 32.7 Å². The predicted octanol–water partition coefficient (Wildman–Crippen LogP) is 2.07. The highest BCUT2D eigenvalue weighted by Crippen LogP contribution is 2.15. The highest BCUT2D eigenvalue weighted by atomic mass is 16.5. The van der Waals surface area contributed by atoms with E-state index in [9.17, 15) is 4.79 Å². The maximum absolute atomic E-state index is 12.4. The number of nitrogens with one attached hydrogen (secondary N) is 2. The summed E-state index contributed by atoms with van der Waals surface area (Å²) in [6.07, 6.45) is 4.38. The molecular formula is C20H27N5O2. The fraction of sp³-hybridized carbons (Fsp3) is 0.450. The van der Waals surface area contributed by atoms with E-state index >= 15 is 0 Å². The van der Waals surface area contributed by atoms with Gasteiger partial charge in [-0.3, -0.25) is 14.7 Å². The molecule has 7 heteroatoms. The summed E-state index contributed by atoms with van der Waals surface area (Å²) in [5.41, 5.74) is 1.33. The number of hydrogen-bond acceptors (Lipinski definition) is 6. The molecule has 0 saturated carbocycles. The van der Waals surface area contributed by atoms with Crippen molar-refractivity contribution in [2.75, 3.05) is 25.5 Å². The largest absolute Gasteiger partial charge is 0.463 e. The van der Waals surface area contributed by atoms with Gasteiger partial charge in [0.25, 0.3) is 5.91 Å². The molecule has 1 saturated heterocycles. The Morgan fingerprint density at radius 3 is 2.70 bits per heavy atom. The van der Waals surface area contributed by atoms with Crippen LogP contribution in [0, 0.1) is 0 Å². The van der Waals surface area contributed by atoms with Crippen LogP contribution in [0.1, 0.15) is 25.3 Å². The number of nitrogens with zero attached hydrogens (tertiary/aromatic N) is 3. The molecule has 2 N–H and O–H groups in total. The normalized spacial score (nSPS) is 16.5. The first-order valence-corrected chi connectivity index (χ1v) is 9.37. The topological polar surface area (TPSA) is 79.4 Å². The zero-order valence-corrected chi connectivity index (χ0v) is 15.9. The molecule has 7 nitrogen and oxygen atoms in total.